The topological polar surface area (TPSA) is 138 Å². The predicted octanol–water partition coefficient (Wildman–Crippen LogP) is 0.974. The summed E-state index contributed by atoms with van der Waals surface area (Å²) in [5, 5.41) is 5.27. The fourth-order valence-electron chi connectivity index (χ4n) is 3.10. The summed E-state index contributed by atoms with van der Waals surface area (Å²) in [4.78, 5) is 47.3. The van der Waals surface area contributed by atoms with E-state index in [1.54, 1.807) is 30.3 Å². The summed E-state index contributed by atoms with van der Waals surface area (Å²) in [6, 6.07) is 6.98. The van der Waals surface area contributed by atoms with Gasteiger partial charge in [-0.3, -0.25) is 14.4 Å². The van der Waals surface area contributed by atoms with Gasteiger partial charge in [0, 0.05) is 33.6 Å². The summed E-state index contributed by atoms with van der Waals surface area (Å²) in [6.45, 7) is 3.26. The Balaban J connectivity index is 2.28. The third-order valence-corrected chi connectivity index (χ3v) is 4.26. The maximum atomic E-state index is 12.5. The molecule has 11 heteroatoms. The third kappa shape index (κ3) is 7.23. The molecule has 0 unspecified atom stereocenters. The summed E-state index contributed by atoms with van der Waals surface area (Å²) in [7, 11) is 1.33. The summed E-state index contributed by atoms with van der Waals surface area (Å²) in [6.07, 6.45) is -4.45. The van der Waals surface area contributed by atoms with Crippen molar-refractivity contribution in [1.29, 1.82) is 0 Å². The number of hydrogen-bond donors (Lipinski definition) is 2. The van der Waals surface area contributed by atoms with Crippen molar-refractivity contribution in [2.75, 3.05) is 19.0 Å². The van der Waals surface area contributed by atoms with E-state index < -0.39 is 54.6 Å². The van der Waals surface area contributed by atoms with Gasteiger partial charge in [-0.15, -0.1) is 0 Å². The van der Waals surface area contributed by atoms with Gasteiger partial charge in [-0.1, -0.05) is 18.2 Å². The number of anilines is 1. The number of carbonyl (C=O) groups excluding carboxylic acids is 4. The van der Waals surface area contributed by atoms with E-state index in [4.69, 9.17) is 23.7 Å². The molecule has 1 saturated heterocycles. The molecule has 2 N–H and O–H groups in total. The van der Waals surface area contributed by atoms with Crippen LogP contribution in [0.3, 0.4) is 0 Å². The average molecular weight is 438 g/mol. The monoisotopic (exact) mass is 438 g/mol. The van der Waals surface area contributed by atoms with Crippen molar-refractivity contribution in [3.05, 3.63) is 30.3 Å². The van der Waals surface area contributed by atoms with E-state index in [0.29, 0.717) is 5.69 Å². The predicted molar refractivity (Wildman–Crippen MR) is 106 cm³/mol. The van der Waals surface area contributed by atoms with E-state index >= 15 is 0 Å². The summed E-state index contributed by atoms with van der Waals surface area (Å²) >= 11 is 0. The molecule has 170 valence electrons. The Hall–Kier alpha value is -3.18. The zero-order valence-corrected chi connectivity index (χ0v) is 17.7. The van der Waals surface area contributed by atoms with Gasteiger partial charge in [0.15, 0.2) is 18.5 Å². The largest absolute Gasteiger partial charge is 0.463 e. The average Bonchev–Trinajstić information content (AvgIpc) is 2.69. The molecule has 5 atom stereocenters. The molecular weight excluding hydrogens is 412 g/mol. The molecule has 1 heterocycles. The molecule has 11 nitrogen and oxygen atoms in total. The highest BCUT2D eigenvalue weighted by Crippen LogP contribution is 2.27. The Morgan fingerprint density at radius 3 is 2.10 bits per heavy atom. The Kier molecular flexibility index (Phi) is 8.76. The fraction of sp³-hybridized carbons (Fsp3) is 0.500. The van der Waals surface area contributed by atoms with E-state index in [2.05, 4.69) is 10.6 Å². The number of urea groups is 1. The molecule has 1 aliphatic rings. The minimum Gasteiger partial charge on any atom is -0.463 e. The van der Waals surface area contributed by atoms with Crippen molar-refractivity contribution in [3.63, 3.8) is 0 Å². The van der Waals surface area contributed by atoms with Crippen molar-refractivity contribution < 1.29 is 42.9 Å². The van der Waals surface area contributed by atoms with Crippen molar-refractivity contribution in [2.45, 2.75) is 51.4 Å². The van der Waals surface area contributed by atoms with Crippen LogP contribution in [0.25, 0.3) is 0 Å². The van der Waals surface area contributed by atoms with Crippen LogP contribution in [0, 0.1) is 0 Å². The van der Waals surface area contributed by atoms with Crippen molar-refractivity contribution >= 4 is 29.6 Å². The minimum absolute atomic E-state index is 0.284. The first-order valence-corrected chi connectivity index (χ1v) is 9.50. The van der Waals surface area contributed by atoms with Crippen LogP contribution in [0.5, 0.6) is 0 Å². The maximum Gasteiger partial charge on any atom is 0.319 e. The lowest BCUT2D eigenvalue weighted by Gasteiger charge is -2.44. The van der Waals surface area contributed by atoms with Gasteiger partial charge in [-0.05, 0) is 12.1 Å². The molecule has 1 aromatic carbocycles. The molecule has 1 aliphatic heterocycles. The van der Waals surface area contributed by atoms with Gasteiger partial charge in [-0.25, -0.2) is 4.79 Å². The van der Waals surface area contributed by atoms with E-state index in [0.717, 1.165) is 0 Å². The lowest BCUT2D eigenvalue weighted by Crippen LogP contribution is -2.67. The Labute approximate surface area is 179 Å². The number of carbonyl (C=O) groups is 4. The number of benzene rings is 1. The number of para-hydroxylation sites is 1. The van der Waals surface area contributed by atoms with E-state index in [9.17, 15) is 19.2 Å². The highest BCUT2D eigenvalue weighted by atomic mass is 16.7. The third-order valence-electron chi connectivity index (χ3n) is 4.26. The van der Waals surface area contributed by atoms with E-state index in [1.165, 1.54) is 27.9 Å². The first kappa shape index (κ1) is 24.1. The fourth-order valence-corrected chi connectivity index (χ4v) is 3.10. The van der Waals surface area contributed by atoms with Gasteiger partial charge >= 0.3 is 23.9 Å². The Bertz CT molecular complexity index is 786. The van der Waals surface area contributed by atoms with Gasteiger partial charge in [0.2, 0.25) is 0 Å². The Morgan fingerprint density at radius 2 is 1.55 bits per heavy atom. The molecular formula is C20H26N2O9. The molecule has 2 amide bonds. The standard InChI is InChI=1S/C20H26N2O9/c1-11(23)28-10-15-17(29-12(2)24)18(30-13(3)25)16(19(27-4)31-15)22-20(26)21-14-8-6-5-7-9-14/h5-9,15-19H,10H2,1-4H3,(H2,21,22,26)/t15-,16-,17-,18-,19-/m1/s1. The van der Waals surface area contributed by atoms with Gasteiger partial charge in [0.1, 0.15) is 18.8 Å². The Morgan fingerprint density at radius 1 is 0.935 bits per heavy atom. The number of hydrogen-bond acceptors (Lipinski definition) is 9. The zero-order valence-electron chi connectivity index (χ0n) is 17.7. The normalized spacial score (nSPS) is 25.1. The minimum atomic E-state index is -1.18. The quantitative estimate of drug-likeness (QED) is 0.471. The molecule has 2 rings (SSSR count). The van der Waals surface area contributed by atoms with Crippen LogP contribution in [0.15, 0.2) is 30.3 Å². The molecule has 0 saturated carbocycles. The van der Waals surface area contributed by atoms with Crippen LogP contribution in [-0.2, 0) is 38.1 Å². The second-order valence-corrected chi connectivity index (χ2v) is 6.72. The van der Waals surface area contributed by atoms with Crippen LogP contribution in [0.4, 0.5) is 10.5 Å². The van der Waals surface area contributed by atoms with Crippen LogP contribution < -0.4 is 10.6 Å². The molecule has 31 heavy (non-hydrogen) atoms. The maximum absolute atomic E-state index is 12.5. The molecule has 0 aromatic heterocycles. The highest BCUT2D eigenvalue weighted by molar-refractivity contribution is 5.89. The highest BCUT2D eigenvalue weighted by Gasteiger charge is 2.51. The molecule has 1 fully saturated rings. The first-order chi connectivity index (χ1) is 14.7. The molecule has 0 bridgehead atoms. The van der Waals surface area contributed by atoms with Crippen LogP contribution in [0.2, 0.25) is 0 Å². The number of rotatable bonds is 7. The van der Waals surface area contributed by atoms with Crippen LogP contribution >= 0.6 is 0 Å². The number of methoxy groups -OCH3 is 1. The van der Waals surface area contributed by atoms with Crippen LogP contribution in [0.1, 0.15) is 20.8 Å². The van der Waals surface area contributed by atoms with Crippen molar-refractivity contribution in [1.82, 2.24) is 5.32 Å². The number of amides is 2. The number of ether oxygens (including phenoxy) is 5. The molecule has 0 radical (unpaired) electrons. The number of esters is 3. The van der Waals surface area contributed by atoms with Gasteiger partial charge < -0.3 is 34.3 Å². The molecule has 1 aromatic rings. The van der Waals surface area contributed by atoms with E-state index in [-0.39, 0.29) is 6.61 Å². The van der Waals surface area contributed by atoms with E-state index in [1.807, 2.05) is 0 Å². The van der Waals surface area contributed by atoms with Crippen molar-refractivity contribution in [3.8, 4) is 0 Å². The SMILES string of the molecule is CO[C@@H]1O[C@H](COC(C)=O)[C@@H](OC(C)=O)[C@H](OC(C)=O)[C@H]1NC(=O)Nc1ccccc1. The van der Waals surface area contributed by atoms with Gasteiger partial charge in [-0.2, -0.15) is 0 Å². The summed E-state index contributed by atoms with van der Waals surface area (Å²) < 4.78 is 26.8. The molecule has 0 aliphatic carbocycles. The van der Waals surface area contributed by atoms with Gasteiger partial charge in [0.25, 0.3) is 0 Å². The second-order valence-electron chi connectivity index (χ2n) is 6.72. The zero-order chi connectivity index (χ0) is 23.0. The second kappa shape index (κ2) is 11.3. The summed E-state index contributed by atoms with van der Waals surface area (Å²) in [5.41, 5.74) is 0.527. The number of nitrogens with one attached hydrogen (secondary N) is 2. The lowest BCUT2D eigenvalue weighted by atomic mass is 9.96. The van der Waals surface area contributed by atoms with Crippen molar-refractivity contribution in [2.24, 2.45) is 0 Å². The lowest BCUT2D eigenvalue weighted by molar-refractivity contribution is -0.270. The molecule has 0 spiro atoms. The van der Waals surface area contributed by atoms with Crippen LogP contribution in [-0.4, -0.2) is 68.3 Å². The smallest absolute Gasteiger partial charge is 0.319 e. The first-order valence-electron chi connectivity index (χ1n) is 9.50. The van der Waals surface area contributed by atoms with Gasteiger partial charge in [0.05, 0.1) is 0 Å². The summed E-state index contributed by atoms with van der Waals surface area (Å²) in [5.74, 6) is -1.94.